The third-order valence-electron chi connectivity index (χ3n) is 7.19. The van der Waals surface area contributed by atoms with Gasteiger partial charge in [0.1, 0.15) is 0 Å². The molecule has 33 heavy (non-hydrogen) atoms. The summed E-state index contributed by atoms with van der Waals surface area (Å²) < 4.78 is 4.16. The molecule has 0 amide bonds. The van der Waals surface area contributed by atoms with Crippen LogP contribution in [-0.2, 0) is 18.4 Å². The van der Waals surface area contributed by atoms with Crippen molar-refractivity contribution in [1.82, 2.24) is 14.5 Å². The molecule has 3 rings (SSSR count). The molecule has 6 heteroatoms. The maximum absolute atomic E-state index is 5.09. The summed E-state index contributed by atoms with van der Waals surface area (Å²) in [6.07, 6.45) is 16.7. The molecule has 6 nitrogen and oxygen atoms in total. The van der Waals surface area contributed by atoms with Crippen molar-refractivity contribution in [2.24, 2.45) is 18.4 Å². The fourth-order valence-electron chi connectivity index (χ4n) is 5.17. The third-order valence-corrected chi connectivity index (χ3v) is 7.19. The van der Waals surface area contributed by atoms with Gasteiger partial charge in [0.2, 0.25) is 5.52 Å². The molecular weight excluding hydrogens is 410 g/mol. The first-order chi connectivity index (χ1) is 15.7. The minimum Gasteiger partial charge on any atom is -0.278 e. The Bertz CT molecular complexity index is 1030. The molecule has 0 saturated heterocycles. The minimum absolute atomic E-state index is 0.401. The standard InChI is InChI=1S/C27H42N5O/c1-20(13-14-23-22(3)12-9-16-27(23,4)5)10-8-11-21(2)15-17-32-19-31(6)26-24(32)25(30-33-7)28-18-29-26/h10,15,18-19,23H,3,8-9,11-14,16-17H2,1-2,4-7H3,(H,28,29,30)/q+1/b20-10+,21-15+/t23-/m1/s1. The molecule has 2 aromatic heterocycles. The van der Waals surface area contributed by atoms with Crippen LogP contribution in [-0.4, -0.2) is 21.6 Å². The van der Waals surface area contributed by atoms with Crippen LogP contribution >= 0.6 is 0 Å². The van der Waals surface area contributed by atoms with Crippen LogP contribution in [0.15, 0.2) is 48.1 Å². The molecule has 0 radical (unpaired) electrons. The van der Waals surface area contributed by atoms with Crippen LogP contribution in [0, 0.1) is 11.3 Å². The second kappa shape index (κ2) is 11.1. The first-order valence-electron chi connectivity index (χ1n) is 12.2. The van der Waals surface area contributed by atoms with Crippen molar-refractivity contribution in [2.45, 2.75) is 79.2 Å². The lowest BCUT2D eigenvalue weighted by molar-refractivity contribution is -0.647. The third kappa shape index (κ3) is 6.32. The molecule has 0 spiro atoms. The van der Waals surface area contributed by atoms with Crippen molar-refractivity contribution in [3.05, 3.63) is 48.1 Å². The fourth-order valence-corrected chi connectivity index (χ4v) is 5.17. The van der Waals surface area contributed by atoms with E-state index in [0.29, 0.717) is 17.2 Å². The van der Waals surface area contributed by atoms with Gasteiger partial charge in [-0.3, -0.25) is 9.40 Å². The van der Waals surface area contributed by atoms with Gasteiger partial charge in [0.05, 0.1) is 20.7 Å². The van der Waals surface area contributed by atoms with Crippen LogP contribution in [0.3, 0.4) is 0 Å². The van der Waals surface area contributed by atoms with E-state index < -0.39 is 0 Å². The van der Waals surface area contributed by atoms with E-state index in [2.05, 4.69) is 72.8 Å². The number of hydrogen-bond donors (Lipinski definition) is 1. The molecule has 180 valence electrons. The average molecular weight is 453 g/mol. The highest BCUT2D eigenvalue weighted by Crippen LogP contribution is 2.45. The lowest BCUT2D eigenvalue weighted by atomic mass is 9.65. The summed E-state index contributed by atoms with van der Waals surface area (Å²) in [6.45, 7) is 14.5. The number of aryl methyl sites for hydroxylation is 1. The molecule has 2 heterocycles. The smallest absolute Gasteiger partial charge is 0.278 e. The van der Waals surface area contributed by atoms with Gasteiger partial charge in [0.15, 0.2) is 18.5 Å². The number of nitrogens with zero attached hydrogens (tertiary/aromatic N) is 4. The number of imidazole rings is 1. The number of allylic oxidation sites excluding steroid dienone is 5. The first-order valence-corrected chi connectivity index (χ1v) is 12.2. The Morgan fingerprint density at radius 2 is 2.03 bits per heavy atom. The Morgan fingerprint density at radius 1 is 1.27 bits per heavy atom. The van der Waals surface area contributed by atoms with Gasteiger partial charge in [-0.1, -0.05) is 54.3 Å². The summed E-state index contributed by atoms with van der Waals surface area (Å²) in [6, 6.07) is 0. The maximum atomic E-state index is 5.09. The van der Waals surface area contributed by atoms with Crippen molar-refractivity contribution in [1.29, 1.82) is 0 Å². The SMILES string of the molecule is C=C1CCCC(C)(C)[C@@H]1CC/C(C)=C/CC/C(C)=C/Cn1c[n+](C)c2ncnc(NOC)c21. The molecule has 1 saturated carbocycles. The molecule has 0 unspecified atom stereocenters. The number of aromatic nitrogens is 4. The predicted molar refractivity (Wildman–Crippen MR) is 136 cm³/mol. The van der Waals surface area contributed by atoms with Gasteiger partial charge in [-0.2, -0.15) is 4.98 Å². The lowest BCUT2D eigenvalue weighted by Crippen LogP contribution is -2.29. The summed E-state index contributed by atoms with van der Waals surface area (Å²) in [4.78, 5) is 13.8. The zero-order chi connectivity index (χ0) is 24.0. The molecule has 0 aromatic carbocycles. The average Bonchev–Trinajstić information content (AvgIpc) is 3.08. The maximum Gasteiger partial charge on any atom is 0.307 e. The largest absolute Gasteiger partial charge is 0.307 e. The van der Waals surface area contributed by atoms with E-state index in [-0.39, 0.29) is 0 Å². The Kier molecular flexibility index (Phi) is 8.46. The van der Waals surface area contributed by atoms with Crippen molar-refractivity contribution < 1.29 is 9.40 Å². The quantitative estimate of drug-likeness (QED) is 0.270. The Hall–Kier alpha value is -2.47. The second-order valence-corrected chi connectivity index (χ2v) is 10.3. The summed E-state index contributed by atoms with van der Waals surface area (Å²) in [5.41, 5.74) is 9.45. The van der Waals surface area contributed by atoms with Crippen LogP contribution in [0.25, 0.3) is 11.2 Å². The van der Waals surface area contributed by atoms with Crippen LogP contribution in [0.2, 0.25) is 0 Å². The highest BCUT2D eigenvalue weighted by Gasteiger charge is 2.33. The zero-order valence-electron chi connectivity index (χ0n) is 21.4. The van der Waals surface area contributed by atoms with Gasteiger partial charge in [0.25, 0.3) is 0 Å². The van der Waals surface area contributed by atoms with E-state index in [9.17, 15) is 0 Å². The van der Waals surface area contributed by atoms with E-state index >= 15 is 0 Å². The summed E-state index contributed by atoms with van der Waals surface area (Å²) in [5, 5.41) is 0. The summed E-state index contributed by atoms with van der Waals surface area (Å²) >= 11 is 0. The number of nitrogens with one attached hydrogen (secondary N) is 1. The normalized spacial score (nSPS) is 19.3. The molecule has 2 aromatic rings. The molecule has 1 N–H and O–H groups in total. The molecule has 1 aliphatic rings. The van der Waals surface area contributed by atoms with E-state index in [0.717, 1.165) is 30.6 Å². The van der Waals surface area contributed by atoms with Crippen LogP contribution in [0.5, 0.6) is 0 Å². The summed E-state index contributed by atoms with van der Waals surface area (Å²) in [5.74, 6) is 1.34. The number of anilines is 1. The van der Waals surface area contributed by atoms with E-state index in [1.54, 1.807) is 13.4 Å². The van der Waals surface area contributed by atoms with Gasteiger partial charge in [-0.15, -0.1) is 0 Å². The fraction of sp³-hybridized carbons (Fsp3) is 0.593. The Morgan fingerprint density at radius 3 is 2.76 bits per heavy atom. The predicted octanol–water partition coefficient (Wildman–Crippen LogP) is 6.06. The first kappa shape index (κ1) is 25.2. The monoisotopic (exact) mass is 452 g/mol. The second-order valence-electron chi connectivity index (χ2n) is 10.3. The molecule has 1 aliphatic carbocycles. The zero-order valence-corrected chi connectivity index (χ0v) is 21.4. The van der Waals surface area contributed by atoms with Crippen molar-refractivity contribution in [2.75, 3.05) is 12.6 Å². The number of hydrogen-bond acceptors (Lipinski definition) is 4. The van der Waals surface area contributed by atoms with Gasteiger partial charge in [0, 0.05) is 0 Å². The molecular formula is C27H42N5O+. The Balaban J connectivity index is 1.54. The molecule has 0 aliphatic heterocycles. The van der Waals surface area contributed by atoms with Crippen molar-refractivity contribution in [3.8, 4) is 0 Å². The minimum atomic E-state index is 0.401. The van der Waals surface area contributed by atoms with Crippen LogP contribution < -0.4 is 10.0 Å². The van der Waals surface area contributed by atoms with E-state index in [1.165, 1.54) is 48.8 Å². The number of rotatable bonds is 10. The van der Waals surface area contributed by atoms with E-state index in [4.69, 9.17) is 4.84 Å². The highest BCUT2D eigenvalue weighted by molar-refractivity contribution is 5.80. The molecule has 0 bridgehead atoms. The van der Waals surface area contributed by atoms with E-state index in [1.807, 2.05) is 11.6 Å². The van der Waals surface area contributed by atoms with Crippen LogP contribution in [0.1, 0.15) is 72.6 Å². The lowest BCUT2D eigenvalue weighted by Gasteiger charge is -2.40. The Labute approximate surface area is 199 Å². The number of fused-ring (bicyclic) bond motifs is 1. The van der Waals surface area contributed by atoms with Crippen molar-refractivity contribution >= 4 is 17.0 Å². The highest BCUT2D eigenvalue weighted by atomic mass is 16.6. The van der Waals surface area contributed by atoms with Gasteiger partial charge >= 0.3 is 5.65 Å². The van der Waals surface area contributed by atoms with Gasteiger partial charge in [-0.05, 0) is 70.1 Å². The van der Waals surface area contributed by atoms with Gasteiger partial charge < -0.3 is 0 Å². The van der Waals surface area contributed by atoms with Crippen molar-refractivity contribution in [3.63, 3.8) is 0 Å². The van der Waals surface area contributed by atoms with Gasteiger partial charge in [-0.25, -0.2) is 10.0 Å². The van der Waals surface area contributed by atoms with Crippen LogP contribution in [0.4, 0.5) is 5.82 Å². The molecule has 1 fully saturated rings. The molecule has 1 atom stereocenters. The topological polar surface area (TPSA) is 55.9 Å². The summed E-state index contributed by atoms with van der Waals surface area (Å²) in [7, 11) is 3.59.